The highest BCUT2D eigenvalue weighted by Crippen LogP contribution is 2.33. The monoisotopic (exact) mass is 286 g/mol. The van der Waals surface area contributed by atoms with Gasteiger partial charge in [-0.3, -0.25) is 0 Å². The quantitative estimate of drug-likeness (QED) is 0.784. The minimum absolute atomic E-state index is 0.626. The van der Waals surface area contributed by atoms with Gasteiger partial charge >= 0.3 is 0 Å². The smallest absolute Gasteiger partial charge is 0.144 e. The van der Waals surface area contributed by atoms with Crippen molar-refractivity contribution in [3.8, 4) is 11.5 Å². The molecule has 0 amide bonds. The number of hydrogen-bond acceptors (Lipinski definition) is 4. The summed E-state index contributed by atoms with van der Waals surface area (Å²) in [6.45, 7) is 4.76. The van der Waals surface area contributed by atoms with Gasteiger partial charge in [0.05, 0.1) is 25.1 Å². The molecule has 0 saturated heterocycles. The summed E-state index contributed by atoms with van der Waals surface area (Å²) in [6, 6.07) is 11.6. The number of rotatable bonds is 6. The van der Waals surface area contributed by atoms with Crippen LogP contribution in [0.1, 0.15) is 18.9 Å². The van der Waals surface area contributed by atoms with Crippen molar-refractivity contribution < 1.29 is 9.47 Å². The zero-order chi connectivity index (χ0) is 15.2. The summed E-state index contributed by atoms with van der Waals surface area (Å²) in [7, 11) is 1.66. The van der Waals surface area contributed by atoms with Gasteiger partial charge in [0.15, 0.2) is 0 Å². The minimum Gasteiger partial charge on any atom is -0.497 e. The van der Waals surface area contributed by atoms with E-state index in [1.54, 1.807) is 7.11 Å². The normalized spacial score (nSPS) is 10.2. The molecule has 0 bridgehead atoms. The molecular weight excluding hydrogens is 264 g/mol. The van der Waals surface area contributed by atoms with Gasteiger partial charge in [0.25, 0.3) is 0 Å². The van der Waals surface area contributed by atoms with Crippen LogP contribution >= 0.6 is 0 Å². The van der Waals surface area contributed by atoms with Crippen LogP contribution in [0.15, 0.2) is 36.4 Å². The van der Waals surface area contributed by atoms with Crippen molar-refractivity contribution in [1.82, 2.24) is 0 Å². The number of nitrogen functional groups attached to an aromatic ring is 1. The number of anilines is 3. The molecule has 0 spiro atoms. The summed E-state index contributed by atoms with van der Waals surface area (Å²) in [5.74, 6) is 1.55. The molecule has 0 aromatic heterocycles. The predicted molar refractivity (Wildman–Crippen MR) is 87.7 cm³/mol. The van der Waals surface area contributed by atoms with Crippen LogP contribution < -0.4 is 20.5 Å². The summed E-state index contributed by atoms with van der Waals surface area (Å²) in [4.78, 5) is 0. The highest BCUT2D eigenvalue weighted by molar-refractivity contribution is 5.78. The fourth-order valence-electron chi connectivity index (χ4n) is 2.04. The zero-order valence-electron chi connectivity index (χ0n) is 12.8. The molecule has 0 aliphatic rings. The van der Waals surface area contributed by atoms with Gasteiger partial charge in [0.2, 0.25) is 0 Å². The molecule has 0 heterocycles. The van der Waals surface area contributed by atoms with Crippen LogP contribution in [-0.2, 0) is 0 Å². The molecule has 0 unspecified atom stereocenters. The van der Waals surface area contributed by atoms with E-state index in [1.165, 1.54) is 0 Å². The lowest BCUT2D eigenvalue weighted by atomic mass is 10.1. The first-order valence-electron chi connectivity index (χ1n) is 7.08. The van der Waals surface area contributed by atoms with Crippen LogP contribution in [0.25, 0.3) is 0 Å². The number of benzene rings is 2. The molecule has 0 aliphatic carbocycles. The molecule has 112 valence electrons. The number of nitrogens with two attached hydrogens (primary N) is 1. The van der Waals surface area contributed by atoms with Gasteiger partial charge in [-0.1, -0.05) is 13.0 Å². The number of aryl methyl sites for hydroxylation is 1. The third-order valence-corrected chi connectivity index (χ3v) is 3.23. The van der Waals surface area contributed by atoms with Crippen molar-refractivity contribution in [2.75, 3.05) is 24.8 Å². The maximum Gasteiger partial charge on any atom is 0.144 e. The van der Waals surface area contributed by atoms with Crippen LogP contribution in [0, 0.1) is 6.92 Å². The van der Waals surface area contributed by atoms with Gasteiger partial charge in [0, 0.05) is 5.69 Å². The van der Waals surface area contributed by atoms with E-state index in [1.807, 2.05) is 43.3 Å². The van der Waals surface area contributed by atoms with E-state index in [4.69, 9.17) is 15.2 Å². The standard InChI is InChI=1S/C17H22N2O2/c1-4-10-21-16-7-5-6-15(17(16)18)19-14-9-8-13(20-3)11-12(14)2/h5-9,11,19H,4,10,18H2,1-3H3. The molecule has 2 aromatic rings. The minimum atomic E-state index is 0.626. The lowest BCUT2D eigenvalue weighted by Crippen LogP contribution is -2.02. The van der Waals surface area contributed by atoms with Crippen LogP contribution in [-0.4, -0.2) is 13.7 Å². The fourth-order valence-corrected chi connectivity index (χ4v) is 2.04. The Morgan fingerprint density at radius 2 is 1.95 bits per heavy atom. The Balaban J connectivity index is 2.23. The summed E-state index contributed by atoms with van der Waals surface area (Å²) in [5.41, 5.74) is 9.72. The number of ether oxygens (including phenoxy) is 2. The van der Waals surface area contributed by atoms with Crippen molar-refractivity contribution in [2.24, 2.45) is 0 Å². The van der Waals surface area contributed by atoms with Crippen molar-refractivity contribution in [3.63, 3.8) is 0 Å². The predicted octanol–water partition coefficient (Wildman–Crippen LogP) is 4.12. The molecule has 0 saturated carbocycles. The molecule has 4 heteroatoms. The largest absolute Gasteiger partial charge is 0.497 e. The van der Waals surface area contributed by atoms with E-state index >= 15 is 0 Å². The van der Waals surface area contributed by atoms with Crippen molar-refractivity contribution in [2.45, 2.75) is 20.3 Å². The van der Waals surface area contributed by atoms with E-state index in [-0.39, 0.29) is 0 Å². The maximum absolute atomic E-state index is 6.17. The van der Waals surface area contributed by atoms with Gasteiger partial charge in [-0.15, -0.1) is 0 Å². The second-order valence-corrected chi connectivity index (χ2v) is 4.87. The molecular formula is C17H22N2O2. The topological polar surface area (TPSA) is 56.5 Å². The average Bonchev–Trinajstić information content (AvgIpc) is 2.50. The molecule has 3 N–H and O–H groups in total. The molecule has 0 radical (unpaired) electrons. The first-order chi connectivity index (χ1) is 10.2. The van der Waals surface area contributed by atoms with Crippen LogP contribution in [0.4, 0.5) is 17.1 Å². The first kappa shape index (κ1) is 15.0. The first-order valence-corrected chi connectivity index (χ1v) is 7.08. The number of methoxy groups -OCH3 is 1. The molecule has 2 aromatic carbocycles. The Bertz CT molecular complexity index is 612. The van der Waals surface area contributed by atoms with Gasteiger partial charge in [-0.2, -0.15) is 0 Å². The van der Waals surface area contributed by atoms with E-state index < -0.39 is 0 Å². The van der Waals surface area contributed by atoms with E-state index in [9.17, 15) is 0 Å². The van der Waals surface area contributed by atoms with E-state index in [2.05, 4.69) is 12.2 Å². The van der Waals surface area contributed by atoms with Gasteiger partial charge < -0.3 is 20.5 Å². The van der Waals surface area contributed by atoms with Gasteiger partial charge in [-0.25, -0.2) is 0 Å². The van der Waals surface area contributed by atoms with Gasteiger partial charge in [-0.05, 0) is 49.2 Å². The molecule has 4 nitrogen and oxygen atoms in total. The van der Waals surface area contributed by atoms with Crippen molar-refractivity contribution in [1.29, 1.82) is 0 Å². The summed E-state index contributed by atoms with van der Waals surface area (Å²) in [5, 5.41) is 3.35. The second kappa shape index (κ2) is 6.88. The van der Waals surface area contributed by atoms with Crippen LogP contribution in [0.5, 0.6) is 11.5 Å². The maximum atomic E-state index is 6.17. The number of nitrogens with one attached hydrogen (secondary N) is 1. The van der Waals surface area contributed by atoms with E-state index in [0.29, 0.717) is 18.0 Å². The Morgan fingerprint density at radius 1 is 1.14 bits per heavy atom. The van der Waals surface area contributed by atoms with Crippen LogP contribution in [0.3, 0.4) is 0 Å². The van der Waals surface area contributed by atoms with E-state index in [0.717, 1.165) is 29.1 Å². The molecule has 0 fully saturated rings. The van der Waals surface area contributed by atoms with Crippen molar-refractivity contribution >= 4 is 17.1 Å². The Kier molecular flexibility index (Phi) is 4.93. The molecule has 2 rings (SSSR count). The SMILES string of the molecule is CCCOc1cccc(Nc2ccc(OC)cc2C)c1N. The Hall–Kier alpha value is -2.36. The van der Waals surface area contributed by atoms with Crippen molar-refractivity contribution in [3.05, 3.63) is 42.0 Å². The highest BCUT2D eigenvalue weighted by Gasteiger charge is 2.08. The van der Waals surface area contributed by atoms with Gasteiger partial charge in [0.1, 0.15) is 11.5 Å². The zero-order valence-corrected chi connectivity index (χ0v) is 12.8. The fraction of sp³-hybridized carbons (Fsp3) is 0.294. The highest BCUT2D eigenvalue weighted by atomic mass is 16.5. The Labute approximate surface area is 125 Å². The molecule has 0 atom stereocenters. The summed E-state index contributed by atoms with van der Waals surface area (Å²) < 4.78 is 10.9. The Morgan fingerprint density at radius 3 is 2.62 bits per heavy atom. The average molecular weight is 286 g/mol. The third kappa shape index (κ3) is 3.60. The lowest BCUT2D eigenvalue weighted by molar-refractivity contribution is 0.319. The summed E-state index contributed by atoms with van der Waals surface area (Å²) in [6.07, 6.45) is 0.953. The number of para-hydroxylation sites is 1. The molecule has 0 aliphatic heterocycles. The second-order valence-electron chi connectivity index (χ2n) is 4.87. The van der Waals surface area contributed by atoms with Crippen LogP contribution in [0.2, 0.25) is 0 Å². The lowest BCUT2D eigenvalue weighted by Gasteiger charge is -2.15. The summed E-state index contributed by atoms with van der Waals surface area (Å²) >= 11 is 0. The number of hydrogen-bond donors (Lipinski definition) is 2. The third-order valence-electron chi connectivity index (χ3n) is 3.23. The molecule has 21 heavy (non-hydrogen) atoms.